The molecule has 8 heteroatoms. The summed E-state index contributed by atoms with van der Waals surface area (Å²) in [5.41, 5.74) is 0. The average molecular weight is 281 g/mol. The van der Waals surface area contributed by atoms with Gasteiger partial charge >= 0.3 is 11.9 Å². The van der Waals surface area contributed by atoms with E-state index in [0.29, 0.717) is 6.42 Å². The molecule has 0 rings (SSSR count). The van der Waals surface area contributed by atoms with Crippen molar-refractivity contribution < 1.29 is 27.9 Å². The van der Waals surface area contributed by atoms with E-state index in [4.69, 9.17) is 5.11 Å². The summed E-state index contributed by atoms with van der Waals surface area (Å²) in [6.45, 7) is 3.15. The smallest absolute Gasteiger partial charge is 0.321 e. The molecular weight excluding hydrogens is 262 g/mol. The highest BCUT2D eigenvalue weighted by molar-refractivity contribution is 7.89. The average Bonchev–Trinajstić information content (AvgIpc) is 2.26. The predicted octanol–water partition coefficient (Wildman–Crippen LogP) is -0.0318. The first-order chi connectivity index (χ1) is 8.23. The molecule has 0 amide bonds. The maximum atomic E-state index is 11.7. The van der Waals surface area contributed by atoms with Crippen LogP contribution in [-0.4, -0.2) is 44.4 Å². The number of sulfonamides is 1. The van der Waals surface area contributed by atoms with Gasteiger partial charge in [0, 0.05) is 0 Å². The highest BCUT2D eigenvalue weighted by Gasteiger charge is 2.27. The summed E-state index contributed by atoms with van der Waals surface area (Å²) in [6, 6.07) is -1.16. The maximum Gasteiger partial charge on any atom is 0.321 e. The van der Waals surface area contributed by atoms with Gasteiger partial charge in [0.1, 0.15) is 6.04 Å². The first-order valence-electron chi connectivity index (χ1n) is 5.54. The van der Waals surface area contributed by atoms with E-state index < -0.39 is 39.7 Å². The molecule has 0 fully saturated rings. The maximum absolute atomic E-state index is 11.7. The molecule has 2 atom stereocenters. The summed E-state index contributed by atoms with van der Waals surface area (Å²) in [5, 5.41) is 8.84. The third-order valence-corrected chi connectivity index (χ3v) is 3.85. The largest absolute Gasteiger partial charge is 0.480 e. The van der Waals surface area contributed by atoms with Crippen LogP contribution in [0, 0.1) is 5.92 Å². The number of ether oxygens (including phenoxy) is 1. The molecule has 106 valence electrons. The van der Waals surface area contributed by atoms with Crippen molar-refractivity contribution in [1.82, 2.24) is 4.72 Å². The molecule has 0 aliphatic carbocycles. The predicted molar refractivity (Wildman–Crippen MR) is 64.4 cm³/mol. The van der Waals surface area contributed by atoms with E-state index in [1.165, 1.54) is 6.92 Å². The van der Waals surface area contributed by atoms with E-state index >= 15 is 0 Å². The lowest BCUT2D eigenvalue weighted by Gasteiger charge is -2.15. The second-order valence-corrected chi connectivity index (χ2v) is 5.80. The van der Waals surface area contributed by atoms with E-state index in [1.54, 1.807) is 6.92 Å². The number of carboxylic acids is 1. The summed E-state index contributed by atoms with van der Waals surface area (Å²) in [5.74, 6) is -3.22. The van der Waals surface area contributed by atoms with Gasteiger partial charge in [-0.05, 0) is 6.42 Å². The van der Waals surface area contributed by atoms with Gasteiger partial charge in [-0.3, -0.25) is 9.59 Å². The SMILES string of the molecule is CCCC(NS(=O)(=O)CC(C)C(=O)OC)C(=O)O. The number of carbonyl (C=O) groups is 2. The zero-order valence-corrected chi connectivity index (χ0v) is 11.5. The number of carbonyl (C=O) groups excluding carboxylic acids is 1. The molecule has 0 spiro atoms. The zero-order valence-electron chi connectivity index (χ0n) is 10.7. The Balaban J connectivity index is 4.64. The van der Waals surface area contributed by atoms with Crippen LogP contribution in [0.3, 0.4) is 0 Å². The summed E-state index contributed by atoms with van der Waals surface area (Å²) in [7, 11) is -2.67. The number of hydrogen-bond donors (Lipinski definition) is 2. The first kappa shape index (κ1) is 16.9. The van der Waals surface area contributed by atoms with Crippen molar-refractivity contribution in [2.24, 2.45) is 5.92 Å². The second kappa shape index (κ2) is 7.32. The van der Waals surface area contributed by atoms with Crippen molar-refractivity contribution >= 4 is 22.0 Å². The molecule has 2 unspecified atom stereocenters. The lowest BCUT2D eigenvalue weighted by molar-refractivity contribution is -0.144. The Morgan fingerprint density at radius 1 is 1.39 bits per heavy atom. The highest BCUT2D eigenvalue weighted by atomic mass is 32.2. The van der Waals surface area contributed by atoms with Crippen LogP contribution in [0.5, 0.6) is 0 Å². The van der Waals surface area contributed by atoms with Gasteiger partial charge < -0.3 is 9.84 Å². The zero-order chi connectivity index (χ0) is 14.3. The fraction of sp³-hybridized carbons (Fsp3) is 0.800. The van der Waals surface area contributed by atoms with E-state index in [-0.39, 0.29) is 6.42 Å². The third kappa shape index (κ3) is 5.97. The van der Waals surface area contributed by atoms with Crippen LogP contribution in [0.15, 0.2) is 0 Å². The molecule has 0 aliphatic heterocycles. The van der Waals surface area contributed by atoms with Gasteiger partial charge in [-0.2, -0.15) is 0 Å². The molecule has 0 saturated heterocycles. The van der Waals surface area contributed by atoms with E-state index in [2.05, 4.69) is 9.46 Å². The van der Waals surface area contributed by atoms with Crippen LogP contribution < -0.4 is 4.72 Å². The van der Waals surface area contributed by atoms with Crippen molar-refractivity contribution in [2.45, 2.75) is 32.7 Å². The molecule has 0 heterocycles. The molecule has 7 nitrogen and oxygen atoms in total. The minimum Gasteiger partial charge on any atom is -0.480 e. The lowest BCUT2D eigenvalue weighted by Crippen LogP contribution is -2.43. The number of carboxylic acid groups (broad SMARTS) is 1. The monoisotopic (exact) mass is 281 g/mol. The minimum atomic E-state index is -3.83. The van der Waals surface area contributed by atoms with Gasteiger partial charge in [0.25, 0.3) is 0 Å². The molecule has 0 aromatic heterocycles. The number of aliphatic carboxylic acids is 1. The summed E-state index contributed by atoms with van der Waals surface area (Å²) < 4.78 is 29.8. The van der Waals surface area contributed by atoms with Crippen LogP contribution in [0.4, 0.5) is 0 Å². The Kier molecular flexibility index (Phi) is 6.85. The van der Waals surface area contributed by atoms with Crippen LogP contribution in [0.25, 0.3) is 0 Å². The third-order valence-electron chi connectivity index (χ3n) is 2.27. The molecule has 0 aromatic rings. The topological polar surface area (TPSA) is 110 Å². The van der Waals surface area contributed by atoms with Crippen molar-refractivity contribution in [3.8, 4) is 0 Å². The number of methoxy groups -OCH3 is 1. The quantitative estimate of drug-likeness (QED) is 0.604. The molecule has 0 aliphatic rings. The summed E-state index contributed by atoms with van der Waals surface area (Å²) in [4.78, 5) is 21.9. The Labute approximate surface area is 107 Å². The van der Waals surface area contributed by atoms with Gasteiger partial charge in [-0.1, -0.05) is 20.3 Å². The van der Waals surface area contributed by atoms with Gasteiger partial charge in [0.15, 0.2) is 0 Å². The van der Waals surface area contributed by atoms with Crippen molar-refractivity contribution in [3.05, 3.63) is 0 Å². The fourth-order valence-electron chi connectivity index (χ4n) is 1.38. The summed E-state index contributed by atoms with van der Waals surface area (Å²) in [6.07, 6.45) is 0.729. The van der Waals surface area contributed by atoms with Gasteiger partial charge in [0.05, 0.1) is 18.8 Å². The standard InChI is InChI=1S/C10H19NO6S/c1-4-5-8(9(12)13)11-18(15,16)6-7(2)10(14)17-3/h7-8,11H,4-6H2,1-3H3,(H,12,13). The molecule has 2 N–H and O–H groups in total. The van der Waals surface area contributed by atoms with Crippen LogP contribution >= 0.6 is 0 Å². The van der Waals surface area contributed by atoms with Crippen molar-refractivity contribution in [1.29, 1.82) is 0 Å². The van der Waals surface area contributed by atoms with Crippen molar-refractivity contribution in [3.63, 3.8) is 0 Å². The van der Waals surface area contributed by atoms with E-state index in [9.17, 15) is 18.0 Å². The molecule has 0 saturated carbocycles. The second-order valence-electron chi connectivity index (χ2n) is 4.00. The lowest BCUT2D eigenvalue weighted by atomic mass is 10.2. The van der Waals surface area contributed by atoms with Crippen molar-refractivity contribution in [2.75, 3.05) is 12.9 Å². The normalized spacial score (nSPS) is 14.8. The molecule has 0 radical (unpaired) electrons. The number of nitrogens with one attached hydrogen (secondary N) is 1. The molecule has 18 heavy (non-hydrogen) atoms. The summed E-state index contributed by atoms with van der Waals surface area (Å²) >= 11 is 0. The van der Waals surface area contributed by atoms with E-state index in [0.717, 1.165) is 7.11 Å². The van der Waals surface area contributed by atoms with Crippen LogP contribution in [0.2, 0.25) is 0 Å². The Morgan fingerprint density at radius 3 is 2.33 bits per heavy atom. The molecular formula is C10H19NO6S. The first-order valence-corrected chi connectivity index (χ1v) is 7.19. The number of rotatable bonds is 8. The Hall–Kier alpha value is -1.15. The van der Waals surface area contributed by atoms with Crippen LogP contribution in [0.1, 0.15) is 26.7 Å². The number of hydrogen-bond acceptors (Lipinski definition) is 5. The van der Waals surface area contributed by atoms with Crippen LogP contribution in [-0.2, 0) is 24.3 Å². The van der Waals surface area contributed by atoms with Gasteiger partial charge in [0.2, 0.25) is 10.0 Å². The van der Waals surface area contributed by atoms with Gasteiger partial charge in [-0.25, -0.2) is 13.1 Å². The minimum absolute atomic E-state index is 0.196. The highest BCUT2D eigenvalue weighted by Crippen LogP contribution is 2.05. The fourth-order valence-corrected chi connectivity index (χ4v) is 2.93. The Bertz CT molecular complexity index is 391. The molecule has 0 bridgehead atoms. The molecule has 0 aromatic carbocycles. The van der Waals surface area contributed by atoms with E-state index in [1.807, 2.05) is 0 Å². The Morgan fingerprint density at radius 2 is 1.94 bits per heavy atom. The number of esters is 1. The van der Waals surface area contributed by atoms with Gasteiger partial charge in [-0.15, -0.1) is 0 Å².